The van der Waals surface area contributed by atoms with Crippen LogP contribution in [0.2, 0.25) is 5.02 Å². The lowest BCUT2D eigenvalue weighted by molar-refractivity contribution is -0.136. The van der Waals surface area contributed by atoms with Crippen LogP contribution in [0.15, 0.2) is 48.5 Å². The number of carbonyl (C=O) groups is 2. The van der Waals surface area contributed by atoms with Crippen LogP contribution in [0.3, 0.4) is 0 Å². The molecule has 1 saturated heterocycles. The van der Waals surface area contributed by atoms with Gasteiger partial charge in [-0.15, -0.1) is 0 Å². The highest BCUT2D eigenvalue weighted by atomic mass is 35.5. The summed E-state index contributed by atoms with van der Waals surface area (Å²) in [5.41, 5.74) is 1.41. The maximum absolute atomic E-state index is 13.0. The van der Waals surface area contributed by atoms with E-state index in [0.29, 0.717) is 23.8 Å². The molecule has 1 aliphatic rings. The van der Waals surface area contributed by atoms with E-state index in [4.69, 9.17) is 11.6 Å². The molecule has 2 aromatic carbocycles. The molecule has 0 saturated carbocycles. The van der Waals surface area contributed by atoms with E-state index >= 15 is 0 Å². The second-order valence-electron chi connectivity index (χ2n) is 6.49. The van der Waals surface area contributed by atoms with E-state index in [1.54, 1.807) is 36.4 Å². The third kappa shape index (κ3) is 5.43. The van der Waals surface area contributed by atoms with E-state index in [1.165, 1.54) is 12.1 Å². The monoisotopic (exact) mass is 404 g/mol. The Morgan fingerprint density at radius 1 is 0.964 bits per heavy atom. The zero-order valence-corrected chi connectivity index (χ0v) is 16.1. The molecular weight excluding hydrogens is 383 g/mol. The first-order valence-electron chi connectivity index (χ1n) is 9.09. The van der Waals surface area contributed by atoms with Gasteiger partial charge < -0.3 is 15.5 Å². The molecule has 0 bridgehead atoms. The molecule has 0 spiro atoms. The van der Waals surface area contributed by atoms with Crippen molar-refractivity contribution in [3.8, 4) is 0 Å². The summed E-state index contributed by atoms with van der Waals surface area (Å²) in [6.45, 7) is 4.35. The van der Waals surface area contributed by atoms with E-state index in [2.05, 4.69) is 20.4 Å². The highest BCUT2D eigenvalue weighted by molar-refractivity contribution is 6.41. The summed E-state index contributed by atoms with van der Waals surface area (Å²) in [5.74, 6) is -1.67. The molecule has 0 atom stereocenters. The number of benzene rings is 2. The number of rotatable bonds is 5. The lowest BCUT2D eigenvalue weighted by atomic mass is 10.2. The molecule has 1 fully saturated rings. The molecular formula is C20H22ClFN4O2. The van der Waals surface area contributed by atoms with Gasteiger partial charge in [0.25, 0.3) is 0 Å². The average molecular weight is 405 g/mol. The van der Waals surface area contributed by atoms with Crippen LogP contribution in [0, 0.1) is 5.82 Å². The molecule has 8 heteroatoms. The van der Waals surface area contributed by atoms with Crippen LogP contribution in [0.25, 0.3) is 0 Å². The van der Waals surface area contributed by atoms with Gasteiger partial charge in [-0.25, -0.2) is 4.39 Å². The van der Waals surface area contributed by atoms with Crippen molar-refractivity contribution >= 4 is 34.8 Å². The number of para-hydroxylation sites is 1. The summed E-state index contributed by atoms with van der Waals surface area (Å²) in [6, 6.07) is 13.2. The summed E-state index contributed by atoms with van der Waals surface area (Å²) in [7, 11) is 0. The molecule has 0 aromatic heterocycles. The van der Waals surface area contributed by atoms with Gasteiger partial charge in [-0.2, -0.15) is 0 Å². The Bertz CT molecular complexity index is 823. The fourth-order valence-electron chi connectivity index (χ4n) is 3.03. The van der Waals surface area contributed by atoms with Gasteiger partial charge in [-0.1, -0.05) is 23.7 Å². The first kappa shape index (κ1) is 20.1. The second kappa shape index (κ2) is 9.52. The van der Waals surface area contributed by atoms with Crippen molar-refractivity contribution in [3.05, 3.63) is 59.4 Å². The zero-order valence-electron chi connectivity index (χ0n) is 15.3. The molecule has 2 N–H and O–H groups in total. The van der Waals surface area contributed by atoms with Gasteiger partial charge in [0.2, 0.25) is 0 Å². The molecule has 148 valence electrons. The lowest BCUT2D eigenvalue weighted by Gasteiger charge is -2.36. The second-order valence-corrected chi connectivity index (χ2v) is 6.90. The fraction of sp³-hybridized carbons (Fsp3) is 0.300. The summed E-state index contributed by atoms with van der Waals surface area (Å²) < 4.78 is 13.0. The number of hydrogen-bond acceptors (Lipinski definition) is 4. The van der Waals surface area contributed by atoms with Gasteiger partial charge in [0.15, 0.2) is 0 Å². The minimum Gasteiger partial charge on any atom is -0.369 e. The Balaban J connectivity index is 1.37. The van der Waals surface area contributed by atoms with Crippen LogP contribution in [0.4, 0.5) is 15.8 Å². The number of nitrogens with zero attached hydrogens (tertiary/aromatic N) is 2. The van der Waals surface area contributed by atoms with Crippen molar-refractivity contribution in [2.75, 3.05) is 49.5 Å². The number of piperazine rings is 1. The first-order chi connectivity index (χ1) is 13.5. The van der Waals surface area contributed by atoms with E-state index in [0.717, 1.165) is 31.9 Å². The molecule has 1 heterocycles. The Kier molecular flexibility index (Phi) is 6.84. The Labute approximate surface area is 168 Å². The smallest absolute Gasteiger partial charge is 0.313 e. The van der Waals surface area contributed by atoms with Crippen molar-refractivity contribution in [1.29, 1.82) is 0 Å². The quantitative estimate of drug-likeness (QED) is 0.751. The maximum atomic E-state index is 13.0. The van der Waals surface area contributed by atoms with Gasteiger partial charge in [-0.05, 0) is 36.4 Å². The number of hydrogen-bond donors (Lipinski definition) is 2. The fourth-order valence-corrected chi connectivity index (χ4v) is 3.21. The van der Waals surface area contributed by atoms with Crippen molar-refractivity contribution in [3.63, 3.8) is 0 Å². The average Bonchev–Trinajstić information content (AvgIpc) is 2.71. The Morgan fingerprint density at radius 3 is 2.32 bits per heavy atom. The first-order valence-corrected chi connectivity index (χ1v) is 9.47. The molecule has 0 aliphatic carbocycles. The van der Waals surface area contributed by atoms with E-state index in [9.17, 15) is 14.0 Å². The van der Waals surface area contributed by atoms with Crippen molar-refractivity contribution in [2.45, 2.75) is 0 Å². The van der Waals surface area contributed by atoms with Gasteiger partial charge in [0, 0.05) is 45.0 Å². The molecule has 0 radical (unpaired) electrons. The van der Waals surface area contributed by atoms with Gasteiger partial charge in [0.1, 0.15) is 5.82 Å². The number of carbonyl (C=O) groups excluding carboxylic acids is 2. The topological polar surface area (TPSA) is 64.7 Å². The van der Waals surface area contributed by atoms with Crippen molar-refractivity contribution < 1.29 is 14.0 Å². The van der Waals surface area contributed by atoms with Crippen molar-refractivity contribution in [1.82, 2.24) is 10.2 Å². The van der Waals surface area contributed by atoms with Crippen LogP contribution < -0.4 is 15.5 Å². The SMILES string of the molecule is O=C(NCCN1CCN(c2ccc(F)cc2)CC1)C(=O)Nc1ccccc1Cl. The molecule has 28 heavy (non-hydrogen) atoms. The minimum atomic E-state index is -0.741. The molecule has 6 nitrogen and oxygen atoms in total. The van der Waals surface area contributed by atoms with Gasteiger partial charge >= 0.3 is 11.8 Å². The molecule has 1 aliphatic heterocycles. The predicted octanol–water partition coefficient (Wildman–Crippen LogP) is 2.36. The Hall–Kier alpha value is -2.64. The zero-order chi connectivity index (χ0) is 19.9. The number of anilines is 2. The largest absolute Gasteiger partial charge is 0.369 e. The molecule has 2 aromatic rings. The van der Waals surface area contributed by atoms with Crippen LogP contribution in [-0.2, 0) is 9.59 Å². The third-order valence-electron chi connectivity index (χ3n) is 4.61. The number of nitrogens with one attached hydrogen (secondary N) is 2. The van der Waals surface area contributed by atoms with Crippen LogP contribution in [-0.4, -0.2) is 56.0 Å². The Morgan fingerprint density at radius 2 is 1.64 bits per heavy atom. The highest BCUT2D eigenvalue weighted by Crippen LogP contribution is 2.20. The van der Waals surface area contributed by atoms with E-state index in [-0.39, 0.29) is 5.82 Å². The summed E-state index contributed by atoms with van der Waals surface area (Å²) in [4.78, 5) is 28.3. The molecule has 2 amide bonds. The number of amides is 2. The molecule has 3 rings (SSSR count). The van der Waals surface area contributed by atoms with Crippen LogP contribution >= 0.6 is 11.6 Å². The summed E-state index contributed by atoms with van der Waals surface area (Å²) in [6.07, 6.45) is 0. The summed E-state index contributed by atoms with van der Waals surface area (Å²) >= 11 is 5.97. The summed E-state index contributed by atoms with van der Waals surface area (Å²) in [5, 5.41) is 5.50. The predicted molar refractivity (Wildman–Crippen MR) is 108 cm³/mol. The van der Waals surface area contributed by atoms with Gasteiger partial charge in [0.05, 0.1) is 10.7 Å². The molecule has 0 unspecified atom stereocenters. The van der Waals surface area contributed by atoms with Crippen LogP contribution in [0.1, 0.15) is 0 Å². The third-order valence-corrected chi connectivity index (χ3v) is 4.94. The normalized spacial score (nSPS) is 14.6. The standard InChI is InChI=1S/C20H22ClFN4O2/c21-17-3-1-2-4-18(17)24-20(28)19(27)23-9-10-25-11-13-26(14-12-25)16-7-5-15(22)6-8-16/h1-8H,9-14H2,(H,23,27)(H,24,28). The number of halogens is 2. The maximum Gasteiger partial charge on any atom is 0.313 e. The minimum absolute atomic E-state index is 0.239. The van der Waals surface area contributed by atoms with Gasteiger partial charge in [-0.3, -0.25) is 14.5 Å². The van der Waals surface area contributed by atoms with E-state index in [1.807, 2.05) is 0 Å². The van der Waals surface area contributed by atoms with Crippen molar-refractivity contribution in [2.24, 2.45) is 0 Å². The van der Waals surface area contributed by atoms with Crippen LogP contribution in [0.5, 0.6) is 0 Å². The highest BCUT2D eigenvalue weighted by Gasteiger charge is 2.18. The lowest BCUT2D eigenvalue weighted by Crippen LogP contribution is -2.49. The van der Waals surface area contributed by atoms with E-state index < -0.39 is 11.8 Å².